The third-order valence-electron chi connectivity index (χ3n) is 3.08. The number of hydrogen-bond donors (Lipinski definition) is 3. The molecule has 1 rings (SSSR count). The second-order valence-corrected chi connectivity index (χ2v) is 5.27. The number of unbranched alkanes of at least 4 members (excludes halogenated alkanes) is 5. The Bertz CT molecular complexity index is 373. The zero-order valence-corrected chi connectivity index (χ0v) is 13.0. The number of aliphatic hydroxyl groups is 1. The van der Waals surface area contributed by atoms with E-state index in [0.29, 0.717) is 10.7 Å². The summed E-state index contributed by atoms with van der Waals surface area (Å²) in [5.41, 5.74) is 0.705. The summed E-state index contributed by atoms with van der Waals surface area (Å²) in [6, 6.07) is 3.59. The molecule has 1 aromatic heterocycles. The Hall–Kier alpha value is -1.20. The van der Waals surface area contributed by atoms with Gasteiger partial charge in [0.15, 0.2) is 11.3 Å². The van der Waals surface area contributed by atoms with E-state index >= 15 is 0 Å². The molecule has 1 aromatic rings. The van der Waals surface area contributed by atoms with Gasteiger partial charge in [-0.1, -0.05) is 45.1 Å². The van der Waals surface area contributed by atoms with Crippen molar-refractivity contribution in [1.82, 2.24) is 15.6 Å². The van der Waals surface area contributed by atoms with Crippen molar-refractivity contribution in [2.24, 2.45) is 0 Å². The fraction of sp³-hybridized carbons (Fsp3) is 0.600. The first kappa shape index (κ1) is 16.9. The summed E-state index contributed by atoms with van der Waals surface area (Å²) in [5.74, 6) is 0. The monoisotopic (exact) mass is 295 g/mol. The van der Waals surface area contributed by atoms with E-state index in [1.54, 1.807) is 24.5 Å². The zero-order valence-electron chi connectivity index (χ0n) is 12.1. The van der Waals surface area contributed by atoms with Crippen LogP contribution in [-0.4, -0.2) is 21.7 Å². The second-order valence-electron chi connectivity index (χ2n) is 4.86. The summed E-state index contributed by atoms with van der Waals surface area (Å²) in [6.45, 7) is 3.07. The second kappa shape index (κ2) is 10.6. The molecule has 0 aliphatic carbocycles. The van der Waals surface area contributed by atoms with Crippen LogP contribution in [0.3, 0.4) is 0 Å². The highest BCUT2D eigenvalue weighted by molar-refractivity contribution is 7.80. The molecule has 1 atom stereocenters. The summed E-state index contributed by atoms with van der Waals surface area (Å²) < 4.78 is 0. The van der Waals surface area contributed by atoms with Crippen LogP contribution < -0.4 is 10.6 Å². The molecule has 0 aliphatic heterocycles. The molecular formula is C15H25N3OS. The van der Waals surface area contributed by atoms with Crippen molar-refractivity contribution in [3.8, 4) is 0 Å². The Labute approximate surface area is 127 Å². The van der Waals surface area contributed by atoms with E-state index in [1.807, 2.05) is 0 Å². The number of nitrogens with one attached hydrogen (secondary N) is 2. The maximum Gasteiger partial charge on any atom is 0.168 e. The van der Waals surface area contributed by atoms with Gasteiger partial charge in [-0.15, -0.1) is 0 Å². The minimum atomic E-state index is -0.812. The number of aromatic nitrogens is 1. The first-order chi connectivity index (χ1) is 9.74. The fourth-order valence-electron chi connectivity index (χ4n) is 1.90. The van der Waals surface area contributed by atoms with Gasteiger partial charge in [0, 0.05) is 24.5 Å². The van der Waals surface area contributed by atoms with E-state index < -0.39 is 6.23 Å². The Morgan fingerprint density at radius 1 is 1.30 bits per heavy atom. The van der Waals surface area contributed by atoms with Crippen LogP contribution in [0.1, 0.15) is 57.2 Å². The van der Waals surface area contributed by atoms with Crippen LogP contribution in [0.4, 0.5) is 0 Å². The van der Waals surface area contributed by atoms with Crippen LogP contribution in [-0.2, 0) is 0 Å². The van der Waals surface area contributed by atoms with E-state index in [1.165, 1.54) is 32.1 Å². The van der Waals surface area contributed by atoms with Crippen LogP contribution in [0, 0.1) is 0 Å². The first-order valence-electron chi connectivity index (χ1n) is 7.36. The molecule has 0 bridgehead atoms. The van der Waals surface area contributed by atoms with Crippen molar-refractivity contribution in [1.29, 1.82) is 0 Å². The molecule has 0 amide bonds. The molecule has 0 radical (unpaired) electrons. The summed E-state index contributed by atoms with van der Waals surface area (Å²) in [7, 11) is 0. The van der Waals surface area contributed by atoms with Gasteiger partial charge < -0.3 is 15.7 Å². The van der Waals surface area contributed by atoms with Gasteiger partial charge >= 0.3 is 0 Å². The van der Waals surface area contributed by atoms with Gasteiger partial charge in [0.2, 0.25) is 0 Å². The normalized spacial score (nSPS) is 11.9. The number of rotatable bonds is 9. The molecule has 0 saturated heterocycles. The van der Waals surface area contributed by atoms with Crippen molar-refractivity contribution >= 4 is 17.3 Å². The minimum absolute atomic E-state index is 0.481. The highest BCUT2D eigenvalue weighted by atomic mass is 32.1. The Morgan fingerprint density at radius 2 is 2.05 bits per heavy atom. The topological polar surface area (TPSA) is 57.2 Å². The van der Waals surface area contributed by atoms with E-state index in [2.05, 4.69) is 22.5 Å². The number of hydrogen-bond acceptors (Lipinski definition) is 3. The van der Waals surface area contributed by atoms with Crippen molar-refractivity contribution in [3.63, 3.8) is 0 Å². The largest absolute Gasteiger partial charge is 0.369 e. The molecule has 0 saturated carbocycles. The SMILES string of the molecule is CCCCCCCCNC(=S)NC(O)c1cccnc1. The van der Waals surface area contributed by atoms with E-state index in [4.69, 9.17) is 12.2 Å². The summed E-state index contributed by atoms with van der Waals surface area (Å²) in [4.78, 5) is 3.96. The molecule has 5 heteroatoms. The molecule has 3 N–H and O–H groups in total. The average Bonchev–Trinajstić information content (AvgIpc) is 2.47. The highest BCUT2D eigenvalue weighted by Crippen LogP contribution is 2.07. The lowest BCUT2D eigenvalue weighted by Gasteiger charge is -2.15. The van der Waals surface area contributed by atoms with E-state index in [0.717, 1.165) is 13.0 Å². The van der Waals surface area contributed by atoms with Gasteiger partial charge in [-0.25, -0.2) is 0 Å². The molecule has 0 aliphatic rings. The summed E-state index contributed by atoms with van der Waals surface area (Å²) in [6.07, 6.45) is 10.0. The zero-order chi connectivity index (χ0) is 14.6. The number of thiocarbonyl (C=S) groups is 1. The van der Waals surface area contributed by atoms with Crippen molar-refractivity contribution in [2.45, 2.75) is 51.7 Å². The fourth-order valence-corrected chi connectivity index (χ4v) is 2.12. The molecule has 0 aromatic carbocycles. The lowest BCUT2D eigenvalue weighted by molar-refractivity contribution is 0.162. The van der Waals surface area contributed by atoms with Gasteiger partial charge in [-0.2, -0.15) is 0 Å². The molecule has 1 heterocycles. The van der Waals surface area contributed by atoms with Gasteiger partial charge in [-0.3, -0.25) is 4.98 Å². The average molecular weight is 295 g/mol. The van der Waals surface area contributed by atoms with Crippen LogP contribution in [0.15, 0.2) is 24.5 Å². The maximum atomic E-state index is 9.91. The minimum Gasteiger partial charge on any atom is -0.369 e. The van der Waals surface area contributed by atoms with Crippen molar-refractivity contribution < 1.29 is 5.11 Å². The quantitative estimate of drug-likeness (QED) is 0.371. The van der Waals surface area contributed by atoms with Gasteiger partial charge in [-0.05, 0) is 24.7 Å². The van der Waals surface area contributed by atoms with Crippen molar-refractivity contribution in [2.75, 3.05) is 6.54 Å². The van der Waals surface area contributed by atoms with Crippen LogP contribution in [0.25, 0.3) is 0 Å². The summed E-state index contributed by atoms with van der Waals surface area (Å²) in [5, 5.41) is 16.4. The molecular weight excluding hydrogens is 270 g/mol. The standard InChI is InChI=1S/C15H25N3OS/c1-2-3-4-5-6-7-11-17-15(20)18-14(19)13-9-8-10-16-12-13/h8-10,12,14,19H,2-7,11H2,1H3,(H2,17,18,20). The first-order valence-corrected chi connectivity index (χ1v) is 7.77. The third kappa shape index (κ3) is 7.40. The number of nitrogens with zero attached hydrogens (tertiary/aromatic N) is 1. The molecule has 1 unspecified atom stereocenters. The Morgan fingerprint density at radius 3 is 2.75 bits per heavy atom. The van der Waals surface area contributed by atoms with Gasteiger partial charge in [0.1, 0.15) is 0 Å². The molecule has 112 valence electrons. The van der Waals surface area contributed by atoms with Crippen molar-refractivity contribution in [3.05, 3.63) is 30.1 Å². The van der Waals surface area contributed by atoms with Crippen LogP contribution in [0.5, 0.6) is 0 Å². The smallest absolute Gasteiger partial charge is 0.168 e. The lowest BCUT2D eigenvalue weighted by atomic mass is 10.1. The number of aliphatic hydroxyl groups excluding tert-OH is 1. The molecule has 0 spiro atoms. The van der Waals surface area contributed by atoms with Crippen LogP contribution >= 0.6 is 12.2 Å². The van der Waals surface area contributed by atoms with Gasteiger partial charge in [0.25, 0.3) is 0 Å². The maximum absolute atomic E-state index is 9.91. The Balaban J connectivity index is 2.08. The molecule has 20 heavy (non-hydrogen) atoms. The number of pyridine rings is 1. The highest BCUT2D eigenvalue weighted by Gasteiger charge is 2.07. The molecule has 4 nitrogen and oxygen atoms in total. The van der Waals surface area contributed by atoms with E-state index in [9.17, 15) is 5.11 Å². The molecule has 0 fully saturated rings. The summed E-state index contributed by atoms with van der Waals surface area (Å²) >= 11 is 5.15. The predicted molar refractivity (Wildman–Crippen MR) is 86.3 cm³/mol. The lowest BCUT2D eigenvalue weighted by Crippen LogP contribution is -2.38. The van der Waals surface area contributed by atoms with Crippen LogP contribution in [0.2, 0.25) is 0 Å². The Kier molecular flexibility index (Phi) is 8.91. The van der Waals surface area contributed by atoms with Gasteiger partial charge in [0.05, 0.1) is 0 Å². The predicted octanol–water partition coefficient (Wildman–Crippen LogP) is 2.90. The van der Waals surface area contributed by atoms with E-state index in [-0.39, 0.29) is 0 Å². The third-order valence-corrected chi connectivity index (χ3v) is 3.35.